The number of hydrogen-bond donors (Lipinski definition) is 1. The average Bonchev–Trinajstić information content (AvgIpc) is 2.34. The molecule has 4 heteroatoms. The van der Waals surface area contributed by atoms with Gasteiger partial charge >= 0.3 is 5.97 Å². The van der Waals surface area contributed by atoms with E-state index in [9.17, 15) is 4.79 Å². The van der Waals surface area contributed by atoms with Gasteiger partial charge in [-0.05, 0) is 24.5 Å². The molecule has 0 amide bonds. The molecule has 0 radical (unpaired) electrons. The van der Waals surface area contributed by atoms with Crippen molar-refractivity contribution in [3.8, 4) is 0 Å². The Kier molecular flexibility index (Phi) is 4.84. The number of carbonyl (C=O) groups is 1. The molecule has 0 aliphatic heterocycles. The van der Waals surface area contributed by atoms with Crippen molar-refractivity contribution in [3.05, 3.63) is 29.6 Å². The van der Waals surface area contributed by atoms with Gasteiger partial charge in [-0.3, -0.25) is 4.98 Å². The highest BCUT2D eigenvalue weighted by atomic mass is 16.5. The lowest BCUT2D eigenvalue weighted by Crippen LogP contribution is -2.37. The van der Waals surface area contributed by atoms with Gasteiger partial charge in [-0.2, -0.15) is 0 Å². The number of nitrogens with zero attached hydrogens (tertiary/aromatic N) is 1. The molecule has 4 nitrogen and oxygen atoms in total. The van der Waals surface area contributed by atoms with Crippen LogP contribution in [0.1, 0.15) is 43.7 Å². The maximum Gasteiger partial charge on any atom is 0.339 e. The number of aromatic nitrogens is 1. The van der Waals surface area contributed by atoms with Crippen LogP contribution in [0.2, 0.25) is 0 Å². The first-order valence-electron chi connectivity index (χ1n) is 6.11. The molecule has 0 saturated carbocycles. The lowest BCUT2D eigenvalue weighted by Gasteiger charge is -2.28. The highest BCUT2D eigenvalue weighted by Gasteiger charge is 2.19. The lowest BCUT2D eigenvalue weighted by atomic mass is 9.88. The molecule has 0 fully saturated rings. The number of esters is 1. The summed E-state index contributed by atoms with van der Waals surface area (Å²) in [7, 11) is 1.36. The Bertz CT molecular complexity index is 393. The summed E-state index contributed by atoms with van der Waals surface area (Å²) in [5, 5.41) is 3.42. The van der Waals surface area contributed by atoms with Gasteiger partial charge in [0.1, 0.15) is 0 Å². The van der Waals surface area contributed by atoms with Crippen molar-refractivity contribution in [2.24, 2.45) is 5.41 Å². The Hall–Kier alpha value is -1.42. The van der Waals surface area contributed by atoms with Crippen LogP contribution in [0.25, 0.3) is 0 Å². The van der Waals surface area contributed by atoms with Crippen molar-refractivity contribution in [1.82, 2.24) is 10.3 Å². The number of rotatable bonds is 4. The predicted molar refractivity (Wildman–Crippen MR) is 71.3 cm³/mol. The summed E-state index contributed by atoms with van der Waals surface area (Å²) in [4.78, 5) is 15.5. The zero-order valence-corrected chi connectivity index (χ0v) is 11.8. The topological polar surface area (TPSA) is 51.2 Å². The smallest absolute Gasteiger partial charge is 0.339 e. The van der Waals surface area contributed by atoms with Gasteiger partial charge in [0.2, 0.25) is 0 Å². The van der Waals surface area contributed by atoms with E-state index in [0.29, 0.717) is 18.2 Å². The molecule has 1 N–H and O–H groups in total. The maximum absolute atomic E-state index is 11.2. The number of nitrogens with one attached hydrogen (secondary N) is 1. The fourth-order valence-corrected chi connectivity index (χ4v) is 1.33. The van der Waals surface area contributed by atoms with Crippen molar-refractivity contribution < 1.29 is 9.53 Å². The second-order valence-corrected chi connectivity index (χ2v) is 5.50. The number of ether oxygens (including phenoxy) is 1. The summed E-state index contributed by atoms with van der Waals surface area (Å²) in [6, 6.07) is 3.96. The largest absolute Gasteiger partial charge is 0.465 e. The number of pyridine rings is 1. The molecule has 1 aromatic rings. The van der Waals surface area contributed by atoms with Crippen molar-refractivity contribution in [2.75, 3.05) is 7.11 Å². The SMILES string of the molecule is COC(=O)c1ccc(CNC(C)C(C)(C)C)nc1. The van der Waals surface area contributed by atoms with E-state index >= 15 is 0 Å². The summed E-state index contributed by atoms with van der Waals surface area (Å²) >= 11 is 0. The van der Waals surface area contributed by atoms with Crippen molar-refractivity contribution in [2.45, 2.75) is 40.3 Å². The summed E-state index contributed by atoms with van der Waals surface area (Å²) in [5.41, 5.74) is 1.61. The van der Waals surface area contributed by atoms with Gasteiger partial charge in [-0.15, -0.1) is 0 Å². The monoisotopic (exact) mass is 250 g/mol. The Labute approximate surface area is 109 Å². The zero-order chi connectivity index (χ0) is 13.8. The Morgan fingerprint density at radius 1 is 1.44 bits per heavy atom. The molecule has 0 aliphatic rings. The van der Waals surface area contributed by atoms with Gasteiger partial charge in [0, 0.05) is 18.8 Å². The van der Waals surface area contributed by atoms with Crippen LogP contribution in [0, 0.1) is 5.41 Å². The first-order chi connectivity index (χ1) is 8.34. The van der Waals surface area contributed by atoms with E-state index in [2.05, 4.69) is 42.7 Å². The van der Waals surface area contributed by atoms with Gasteiger partial charge in [0.15, 0.2) is 0 Å². The van der Waals surface area contributed by atoms with E-state index in [-0.39, 0.29) is 11.4 Å². The van der Waals surface area contributed by atoms with Gasteiger partial charge in [-0.1, -0.05) is 20.8 Å². The van der Waals surface area contributed by atoms with Crippen LogP contribution in [0.3, 0.4) is 0 Å². The molecule has 0 saturated heterocycles. The Balaban J connectivity index is 2.57. The summed E-state index contributed by atoms with van der Waals surface area (Å²) in [6.07, 6.45) is 1.55. The normalized spacial score (nSPS) is 13.2. The molecule has 1 atom stereocenters. The van der Waals surface area contributed by atoms with Crippen LogP contribution in [-0.2, 0) is 11.3 Å². The van der Waals surface area contributed by atoms with Gasteiger partial charge in [-0.25, -0.2) is 4.79 Å². The van der Waals surface area contributed by atoms with Gasteiger partial charge in [0.05, 0.1) is 18.4 Å². The number of carbonyl (C=O) groups excluding carboxylic acids is 1. The summed E-state index contributed by atoms with van der Waals surface area (Å²) < 4.78 is 4.62. The van der Waals surface area contributed by atoms with Crippen LogP contribution in [0.5, 0.6) is 0 Å². The van der Waals surface area contributed by atoms with Crippen LogP contribution in [-0.4, -0.2) is 24.1 Å². The molecule has 1 aromatic heterocycles. The number of methoxy groups -OCH3 is 1. The fraction of sp³-hybridized carbons (Fsp3) is 0.571. The fourth-order valence-electron chi connectivity index (χ4n) is 1.33. The minimum atomic E-state index is -0.356. The minimum Gasteiger partial charge on any atom is -0.465 e. The minimum absolute atomic E-state index is 0.214. The van der Waals surface area contributed by atoms with Crippen molar-refractivity contribution >= 4 is 5.97 Å². The van der Waals surface area contributed by atoms with Crippen molar-refractivity contribution in [1.29, 1.82) is 0 Å². The third-order valence-corrected chi connectivity index (χ3v) is 3.13. The number of hydrogen-bond acceptors (Lipinski definition) is 4. The van der Waals surface area contributed by atoms with E-state index in [1.54, 1.807) is 12.3 Å². The van der Waals surface area contributed by atoms with Crippen LogP contribution in [0.15, 0.2) is 18.3 Å². The molecular formula is C14H22N2O2. The quantitative estimate of drug-likeness (QED) is 0.834. The highest BCUT2D eigenvalue weighted by molar-refractivity contribution is 5.88. The van der Waals surface area contributed by atoms with Gasteiger partial charge < -0.3 is 10.1 Å². The van der Waals surface area contributed by atoms with E-state index < -0.39 is 0 Å². The summed E-state index contributed by atoms with van der Waals surface area (Å²) in [5.74, 6) is -0.356. The van der Waals surface area contributed by atoms with Crippen molar-refractivity contribution in [3.63, 3.8) is 0 Å². The molecule has 1 heterocycles. The zero-order valence-electron chi connectivity index (χ0n) is 11.8. The Morgan fingerprint density at radius 2 is 2.11 bits per heavy atom. The molecular weight excluding hydrogens is 228 g/mol. The maximum atomic E-state index is 11.2. The van der Waals surface area contributed by atoms with E-state index in [1.807, 2.05) is 6.07 Å². The molecule has 1 rings (SSSR count). The third kappa shape index (κ3) is 4.11. The van der Waals surface area contributed by atoms with Gasteiger partial charge in [0.25, 0.3) is 0 Å². The van der Waals surface area contributed by atoms with Crippen LogP contribution < -0.4 is 5.32 Å². The molecule has 100 valence electrons. The molecule has 0 aromatic carbocycles. The predicted octanol–water partition coefficient (Wildman–Crippen LogP) is 2.39. The molecule has 0 bridgehead atoms. The first kappa shape index (κ1) is 14.6. The van der Waals surface area contributed by atoms with Crippen LogP contribution >= 0.6 is 0 Å². The summed E-state index contributed by atoms with van der Waals surface area (Å²) in [6.45, 7) is 9.43. The molecule has 0 aliphatic carbocycles. The lowest BCUT2D eigenvalue weighted by molar-refractivity contribution is 0.0600. The third-order valence-electron chi connectivity index (χ3n) is 3.13. The first-order valence-corrected chi connectivity index (χ1v) is 6.11. The molecule has 1 unspecified atom stereocenters. The van der Waals surface area contributed by atoms with E-state index in [1.165, 1.54) is 7.11 Å². The second-order valence-electron chi connectivity index (χ2n) is 5.50. The van der Waals surface area contributed by atoms with E-state index in [4.69, 9.17) is 0 Å². The molecule has 18 heavy (non-hydrogen) atoms. The van der Waals surface area contributed by atoms with E-state index in [0.717, 1.165) is 5.69 Å². The molecule has 0 spiro atoms. The second kappa shape index (κ2) is 5.96. The Morgan fingerprint density at radius 3 is 2.56 bits per heavy atom. The van der Waals surface area contributed by atoms with Crippen LogP contribution in [0.4, 0.5) is 0 Å². The average molecular weight is 250 g/mol. The standard InChI is InChI=1S/C14H22N2O2/c1-10(14(2,3)4)15-9-12-7-6-11(8-16-12)13(17)18-5/h6-8,10,15H,9H2,1-5H3. The highest BCUT2D eigenvalue weighted by Crippen LogP contribution is 2.18.